The van der Waals surface area contributed by atoms with Gasteiger partial charge in [0.25, 0.3) is 0 Å². The molecule has 38 valence electrons. The van der Waals surface area contributed by atoms with Crippen molar-refractivity contribution < 1.29 is 40.9 Å². The number of carboxylic acids is 1. The van der Waals surface area contributed by atoms with E-state index in [9.17, 15) is 4.79 Å². The number of carboxylic acid groups (broad SMARTS) is 1. The molecule has 2 nitrogen and oxygen atoms in total. The summed E-state index contributed by atoms with van der Waals surface area (Å²) in [5.41, 5.74) is 0. The maximum atomic E-state index is 9.58. The molecular weight excluding hydrogens is 123 g/mol. The third kappa shape index (κ3) is 10.9. The first kappa shape index (κ1) is 10.7. The summed E-state index contributed by atoms with van der Waals surface area (Å²) in [4.78, 5) is 9.58. The van der Waals surface area contributed by atoms with Crippen LogP contribution in [-0.4, -0.2) is 23.1 Å². The van der Waals surface area contributed by atoms with Gasteiger partial charge in [0, 0.05) is 0 Å². The number of hydrogen-bond acceptors (Lipinski definition) is 2. The molecule has 0 fully saturated rings. The average molecular weight is 130 g/mol. The van der Waals surface area contributed by atoms with E-state index >= 15 is 0 Å². The van der Waals surface area contributed by atoms with Crippen molar-refractivity contribution in [2.45, 2.75) is 0 Å². The Morgan fingerprint density at radius 2 is 2.43 bits per heavy atom. The number of thioether (sulfide) groups is 1. The zero-order valence-corrected chi connectivity index (χ0v) is 7.29. The molecule has 4 heteroatoms. The van der Waals surface area contributed by atoms with Crippen molar-refractivity contribution in [1.29, 1.82) is 0 Å². The van der Waals surface area contributed by atoms with Gasteiger partial charge in [-0.05, 0) is 6.26 Å². The Balaban J connectivity index is -0.000000125. The van der Waals surface area contributed by atoms with Crippen LogP contribution in [0, 0.1) is 0 Å². The molecular formula is C3H7NaO2S. The molecule has 0 aromatic carbocycles. The molecule has 0 bridgehead atoms. The predicted molar refractivity (Wildman–Crippen MR) is 27.1 cm³/mol. The van der Waals surface area contributed by atoms with Gasteiger partial charge in [-0.2, -0.15) is 11.8 Å². The van der Waals surface area contributed by atoms with Crippen LogP contribution in [0.2, 0.25) is 0 Å². The van der Waals surface area contributed by atoms with Gasteiger partial charge >= 0.3 is 35.5 Å². The number of hydrogen-bond donors (Lipinski definition) is 1. The number of carbonyl (C=O) groups is 1. The molecule has 1 N–H and O–H groups in total. The summed E-state index contributed by atoms with van der Waals surface area (Å²) in [6.07, 6.45) is 1.76. The van der Waals surface area contributed by atoms with Gasteiger partial charge in [0.2, 0.25) is 0 Å². The Morgan fingerprint density at radius 3 is 2.43 bits per heavy atom. The van der Waals surface area contributed by atoms with Crippen molar-refractivity contribution in [3.8, 4) is 0 Å². The summed E-state index contributed by atoms with van der Waals surface area (Å²) < 4.78 is 0. The van der Waals surface area contributed by atoms with Gasteiger partial charge in [-0.25, -0.2) is 0 Å². The SMILES string of the molecule is CSCC(=O)O.[H-].[Na+]. The Bertz CT molecular complexity index is 61.2. The predicted octanol–water partition coefficient (Wildman–Crippen LogP) is -2.45. The van der Waals surface area contributed by atoms with Crippen LogP contribution in [-0.2, 0) is 4.79 Å². The monoisotopic (exact) mass is 130 g/mol. The van der Waals surface area contributed by atoms with E-state index in [0.29, 0.717) is 0 Å². The minimum absolute atomic E-state index is 0. The first-order chi connectivity index (χ1) is 2.77. The van der Waals surface area contributed by atoms with Crippen LogP contribution in [0.25, 0.3) is 0 Å². The molecule has 0 radical (unpaired) electrons. The van der Waals surface area contributed by atoms with Crippen LogP contribution < -0.4 is 29.6 Å². The van der Waals surface area contributed by atoms with E-state index in [0.717, 1.165) is 0 Å². The van der Waals surface area contributed by atoms with Crippen molar-refractivity contribution in [3.05, 3.63) is 0 Å². The summed E-state index contributed by atoms with van der Waals surface area (Å²) in [7, 11) is 0. The molecule has 0 aromatic rings. The van der Waals surface area contributed by atoms with Gasteiger partial charge in [-0.1, -0.05) is 0 Å². The molecule has 0 atom stereocenters. The topological polar surface area (TPSA) is 37.3 Å². The summed E-state index contributed by atoms with van der Waals surface area (Å²) in [5, 5.41) is 7.89. The minimum Gasteiger partial charge on any atom is -1.00 e. The molecule has 7 heavy (non-hydrogen) atoms. The van der Waals surface area contributed by atoms with Crippen molar-refractivity contribution in [2.75, 3.05) is 12.0 Å². The van der Waals surface area contributed by atoms with Crippen molar-refractivity contribution in [1.82, 2.24) is 0 Å². The van der Waals surface area contributed by atoms with Gasteiger partial charge in [0.15, 0.2) is 0 Å². The molecule has 0 aliphatic heterocycles. The normalized spacial score (nSPS) is 7.00. The zero-order chi connectivity index (χ0) is 4.99. The van der Waals surface area contributed by atoms with E-state index in [1.165, 1.54) is 11.8 Å². The maximum absolute atomic E-state index is 9.58. The summed E-state index contributed by atoms with van der Waals surface area (Å²) in [5.74, 6) is -0.539. The van der Waals surface area contributed by atoms with Crippen LogP contribution in [0.5, 0.6) is 0 Å². The van der Waals surface area contributed by atoms with E-state index in [1.807, 2.05) is 0 Å². The fourth-order valence-electron chi connectivity index (χ4n) is 0.123. The quantitative estimate of drug-likeness (QED) is 0.422. The zero-order valence-electron chi connectivity index (χ0n) is 5.47. The smallest absolute Gasteiger partial charge is 1.00 e. The Morgan fingerprint density at radius 1 is 2.00 bits per heavy atom. The van der Waals surface area contributed by atoms with E-state index < -0.39 is 5.97 Å². The molecule has 0 unspecified atom stereocenters. The summed E-state index contributed by atoms with van der Waals surface area (Å²) >= 11 is 1.31. The molecule has 0 amide bonds. The molecule has 0 aromatic heterocycles. The van der Waals surface area contributed by atoms with Crippen LogP contribution >= 0.6 is 11.8 Å². The van der Waals surface area contributed by atoms with E-state index in [-0.39, 0.29) is 36.7 Å². The average Bonchev–Trinajstić information content (AvgIpc) is 1.35. The second-order valence-electron chi connectivity index (χ2n) is 0.827. The first-order valence-electron chi connectivity index (χ1n) is 1.48. The fraction of sp³-hybridized carbons (Fsp3) is 0.667. The van der Waals surface area contributed by atoms with Crippen molar-refractivity contribution in [3.63, 3.8) is 0 Å². The van der Waals surface area contributed by atoms with Crippen LogP contribution in [0.3, 0.4) is 0 Å². The summed E-state index contributed by atoms with van der Waals surface area (Å²) in [6, 6.07) is 0. The van der Waals surface area contributed by atoms with Gasteiger partial charge in [0.1, 0.15) is 0 Å². The summed E-state index contributed by atoms with van der Waals surface area (Å²) in [6.45, 7) is 0. The second-order valence-corrected chi connectivity index (χ2v) is 1.69. The molecule has 0 aliphatic rings. The van der Waals surface area contributed by atoms with E-state index in [2.05, 4.69) is 0 Å². The van der Waals surface area contributed by atoms with Gasteiger partial charge < -0.3 is 6.53 Å². The number of rotatable bonds is 2. The van der Waals surface area contributed by atoms with Crippen LogP contribution in [0.15, 0.2) is 0 Å². The first-order valence-corrected chi connectivity index (χ1v) is 2.87. The molecule has 0 aliphatic carbocycles. The Kier molecular flexibility index (Phi) is 10.5. The largest absolute Gasteiger partial charge is 1.00 e. The second kappa shape index (κ2) is 6.82. The molecule has 0 spiro atoms. The standard InChI is InChI=1S/C3H6O2S.Na.H/c1-6-2-3(4)5;;/h2H2,1H3,(H,4,5);;/q;+1;-1. The van der Waals surface area contributed by atoms with Gasteiger partial charge in [-0.3, -0.25) is 4.79 Å². The van der Waals surface area contributed by atoms with Crippen LogP contribution in [0.4, 0.5) is 0 Å². The molecule has 0 saturated carbocycles. The van der Waals surface area contributed by atoms with Crippen LogP contribution in [0.1, 0.15) is 1.43 Å². The van der Waals surface area contributed by atoms with Gasteiger partial charge in [-0.15, -0.1) is 0 Å². The Labute approximate surface area is 70.4 Å². The minimum atomic E-state index is -0.748. The molecule has 0 saturated heterocycles. The molecule has 0 heterocycles. The van der Waals surface area contributed by atoms with E-state index in [1.54, 1.807) is 6.26 Å². The third-order valence-electron chi connectivity index (χ3n) is 0.268. The van der Waals surface area contributed by atoms with Crippen molar-refractivity contribution >= 4 is 17.7 Å². The third-order valence-corrected chi connectivity index (χ3v) is 0.803. The maximum Gasteiger partial charge on any atom is 1.00 e. The van der Waals surface area contributed by atoms with E-state index in [4.69, 9.17) is 5.11 Å². The molecule has 0 rings (SSSR count). The number of aliphatic carboxylic acids is 1. The Hall–Kier alpha value is 0.820. The van der Waals surface area contributed by atoms with Crippen molar-refractivity contribution in [2.24, 2.45) is 0 Å². The van der Waals surface area contributed by atoms with Gasteiger partial charge in [0.05, 0.1) is 5.75 Å². The fourth-order valence-corrected chi connectivity index (χ4v) is 0.370.